The van der Waals surface area contributed by atoms with Gasteiger partial charge >= 0.3 is 18.1 Å². The van der Waals surface area contributed by atoms with Crippen molar-refractivity contribution in [3.05, 3.63) is 22.2 Å². The van der Waals surface area contributed by atoms with Gasteiger partial charge in [0.05, 0.1) is 19.3 Å². The summed E-state index contributed by atoms with van der Waals surface area (Å²) in [6, 6.07) is 3.54. The van der Waals surface area contributed by atoms with Gasteiger partial charge in [-0.3, -0.25) is 0 Å². The highest BCUT2D eigenvalue weighted by atomic mass is 79.9. The van der Waals surface area contributed by atoms with Crippen molar-refractivity contribution in [1.82, 2.24) is 4.98 Å². The highest BCUT2D eigenvalue weighted by Gasteiger charge is 2.41. The van der Waals surface area contributed by atoms with Gasteiger partial charge in [-0.1, -0.05) is 0 Å². The van der Waals surface area contributed by atoms with E-state index in [2.05, 4.69) is 25.7 Å². The number of hydrogen-bond donors (Lipinski definition) is 0. The lowest BCUT2D eigenvalue weighted by Gasteiger charge is -2.30. The summed E-state index contributed by atoms with van der Waals surface area (Å²) in [4.78, 5) is 28.8. The van der Waals surface area contributed by atoms with Gasteiger partial charge in [-0.15, -0.1) is 0 Å². The summed E-state index contributed by atoms with van der Waals surface area (Å²) in [7, 11) is 1.28. The lowest BCUT2D eigenvalue weighted by Crippen LogP contribution is -2.36. The zero-order chi connectivity index (χ0) is 20.5. The molecule has 2 heterocycles. The number of rotatable bonds is 4. The van der Waals surface area contributed by atoms with Crippen LogP contribution in [0.15, 0.2) is 21.0 Å². The number of piperidine rings is 1. The molecule has 0 spiro atoms. The third-order valence-electron chi connectivity index (χ3n) is 4.44. The Hall–Kier alpha value is -2.30. The predicted octanol–water partition coefficient (Wildman–Crippen LogP) is 3.70. The molecule has 2 aromatic rings. The minimum absolute atomic E-state index is 0.160. The molecule has 1 aliphatic rings. The largest absolute Gasteiger partial charge is 0.490 e. The number of carbonyl (C=O) groups is 2. The molecule has 1 fully saturated rings. The summed E-state index contributed by atoms with van der Waals surface area (Å²) in [5.41, 5.74) is 1.29. The van der Waals surface area contributed by atoms with Gasteiger partial charge in [0.15, 0.2) is 5.58 Å². The van der Waals surface area contributed by atoms with E-state index in [-0.39, 0.29) is 12.5 Å². The number of aromatic nitrogens is 1. The van der Waals surface area contributed by atoms with Crippen LogP contribution in [-0.2, 0) is 14.3 Å². The van der Waals surface area contributed by atoms with E-state index in [4.69, 9.17) is 9.15 Å². The van der Waals surface area contributed by atoms with Gasteiger partial charge in [-0.05, 0) is 46.8 Å². The molecule has 11 heteroatoms. The van der Waals surface area contributed by atoms with Gasteiger partial charge in [0.2, 0.25) is 0 Å². The Labute approximate surface area is 165 Å². The van der Waals surface area contributed by atoms with Crippen molar-refractivity contribution in [3.63, 3.8) is 0 Å². The summed E-state index contributed by atoms with van der Waals surface area (Å²) < 4.78 is 51.8. The molecule has 0 unspecified atom stereocenters. The minimum Gasteiger partial charge on any atom is -0.465 e. The van der Waals surface area contributed by atoms with Crippen LogP contribution in [0, 0.1) is 5.92 Å². The van der Waals surface area contributed by atoms with Gasteiger partial charge in [0, 0.05) is 17.6 Å². The number of alkyl halides is 3. The summed E-state index contributed by atoms with van der Waals surface area (Å²) >= 11 is 3.29. The van der Waals surface area contributed by atoms with Crippen molar-refractivity contribution in [2.24, 2.45) is 5.92 Å². The second-order valence-corrected chi connectivity index (χ2v) is 7.17. The smallest absolute Gasteiger partial charge is 0.465 e. The Balaban J connectivity index is 1.63. The maximum absolute atomic E-state index is 12.2. The van der Waals surface area contributed by atoms with Gasteiger partial charge in [-0.25, -0.2) is 9.59 Å². The van der Waals surface area contributed by atoms with Crippen molar-refractivity contribution in [2.75, 3.05) is 31.7 Å². The van der Waals surface area contributed by atoms with Gasteiger partial charge in [0.25, 0.3) is 6.01 Å². The molecule has 1 saturated heterocycles. The number of oxazole rings is 1. The predicted molar refractivity (Wildman–Crippen MR) is 95.0 cm³/mol. The van der Waals surface area contributed by atoms with Crippen LogP contribution in [0.1, 0.15) is 23.2 Å². The number of carbonyl (C=O) groups excluding carboxylic acids is 2. The number of anilines is 1. The van der Waals surface area contributed by atoms with E-state index in [0.717, 1.165) is 0 Å². The van der Waals surface area contributed by atoms with Crippen LogP contribution in [0.3, 0.4) is 0 Å². The Morgan fingerprint density at radius 3 is 2.61 bits per heavy atom. The fourth-order valence-corrected chi connectivity index (χ4v) is 3.39. The van der Waals surface area contributed by atoms with Crippen LogP contribution >= 0.6 is 15.9 Å². The first-order valence-corrected chi connectivity index (χ1v) is 9.15. The monoisotopic (exact) mass is 464 g/mol. The molecule has 0 saturated carbocycles. The van der Waals surface area contributed by atoms with E-state index >= 15 is 0 Å². The third-order valence-corrected chi connectivity index (χ3v) is 5.09. The number of halogens is 4. The highest BCUT2D eigenvalue weighted by molar-refractivity contribution is 9.10. The molecule has 0 bridgehead atoms. The standard InChI is InChI=1S/C17H16BrF3N2O5/c1-26-14(24)10-6-12-13(7-11(10)18)28-16(22-12)23-4-2-9(3-5-23)8-27-15(25)17(19,20)21/h6-7,9H,2-5,8H2,1H3. The molecule has 0 aliphatic carbocycles. The lowest BCUT2D eigenvalue weighted by molar-refractivity contribution is -0.201. The highest BCUT2D eigenvalue weighted by Crippen LogP contribution is 2.30. The lowest BCUT2D eigenvalue weighted by atomic mass is 9.98. The Morgan fingerprint density at radius 1 is 1.32 bits per heavy atom. The van der Waals surface area contributed by atoms with Crippen molar-refractivity contribution in [1.29, 1.82) is 0 Å². The zero-order valence-corrected chi connectivity index (χ0v) is 16.3. The molecule has 7 nitrogen and oxygen atoms in total. The number of esters is 2. The molecule has 3 rings (SSSR count). The second kappa shape index (κ2) is 7.98. The van der Waals surface area contributed by atoms with Crippen LogP contribution < -0.4 is 4.90 Å². The van der Waals surface area contributed by atoms with Crippen molar-refractivity contribution >= 4 is 45.0 Å². The summed E-state index contributed by atoms with van der Waals surface area (Å²) in [5.74, 6) is -2.83. The fraction of sp³-hybridized carbons (Fsp3) is 0.471. The zero-order valence-electron chi connectivity index (χ0n) is 14.7. The molecule has 1 aromatic carbocycles. The number of methoxy groups -OCH3 is 1. The molecule has 0 amide bonds. The van der Waals surface area contributed by atoms with E-state index in [9.17, 15) is 22.8 Å². The van der Waals surface area contributed by atoms with Crippen LogP contribution in [0.4, 0.5) is 19.2 Å². The van der Waals surface area contributed by atoms with Crippen LogP contribution in [0.5, 0.6) is 0 Å². The van der Waals surface area contributed by atoms with Crippen molar-refractivity contribution in [2.45, 2.75) is 19.0 Å². The number of ether oxygens (including phenoxy) is 2. The minimum atomic E-state index is -4.98. The molecule has 28 heavy (non-hydrogen) atoms. The summed E-state index contributed by atoms with van der Waals surface area (Å²) in [6.45, 7) is 0.716. The molecule has 152 valence electrons. The average molecular weight is 465 g/mol. The maximum Gasteiger partial charge on any atom is 0.490 e. The van der Waals surface area contributed by atoms with E-state index < -0.39 is 18.1 Å². The van der Waals surface area contributed by atoms with E-state index in [1.54, 1.807) is 12.1 Å². The van der Waals surface area contributed by atoms with E-state index in [1.807, 2.05) is 4.90 Å². The quantitative estimate of drug-likeness (QED) is 0.637. The summed E-state index contributed by atoms with van der Waals surface area (Å²) in [5, 5.41) is 0. The first kappa shape index (κ1) is 20.4. The molecule has 1 aromatic heterocycles. The van der Waals surface area contributed by atoms with Gasteiger partial charge in [-0.2, -0.15) is 18.2 Å². The van der Waals surface area contributed by atoms with Gasteiger partial charge in [0.1, 0.15) is 5.52 Å². The molecule has 1 aliphatic heterocycles. The Morgan fingerprint density at radius 2 is 2.00 bits per heavy atom. The second-order valence-electron chi connectivity index (χ2n) is 6.31. The number of nitrogens with zero attached hydrogens (tertiary/aromatic N) is 2. The first-order chi connectivity index (χ1) is 13.2. The Kier molecular flexibility index (Phi) is 5.82. The Bertz CT molecular complexity index is 891. The maximum atomic E-state index is 12.2. The fourth-order valence-electron chi connectivity index (χ4n) is 2.90. The summed E-state index contributed by atoms with van der Waals surface area (Å²) in [6.07, 6.45) is -3.92. The molecular formula is C17H16BrF3N2O5. The molecule has 0 atom stereocenters. The average Bonchev–Trinajstić information content (AvgIpc) is 3.07. The SMILES string of the molecule is COC(=O)c1cc2nc(N3CCC(COC(=O)C(F)(F)F)CC3)oc2cc1Br. The molecule has 0 N–H and O–H groups in total. The van der Waals surface area contributed by atoms with Crippen LogP contribution in [0.25, 0.3) is 11.1 Å². The van der Waals surface area contributed by atoms with Crippen LogP contribution in [-0.4, -0.2) is 49.9 Å². The third kappa shape index (κ3) is 4.40. The number of fused-ring (bicyclic) bond motifs is 1. The first-order valence-electron chi connectivity index (χ1n) is 8.36. The van der Waals surface area contributed by atoms with Crippen molar-refractivity contribution < 1.29 is 36.7 Å². The topological polar surface area (TPSA) is 81.9 Å². The van der Waals surface area contributed by atoms with E-state index in [1.165, 1.54) is 7.11 Å². The normalized spacial score (nSPS) is 15.7. The number of benzene rings is 1. The number of hydrogen-bond acceptors (Lipinski definition) is 7. The van der Waals surface area contributed by atoms with E-state index in [0.29, 0.717) is 53.1 Å². The van der Waals surface area contributed by atoms with Crippen molar-refractivity contribution in [3.8, 4) is 0 Å². The van der Waals surface area contributed by atoms with Gasteiger partial charge < -0.3 is 18.8 Å². The molecular weight excluding hydrogens is 449 g/mol. The van der Waals surface area contributed by atoms with Crippen LogP contribution in [0.2, 0.25) is 0 Å². The molecule has 0 radical (unpaired) electrons.